The van der Waals surface area contributed by atoms with E-state index in [0.29, 0.717) is 6.04 Å². The molecule has 2 aromatic rings. The number of nitrogens with one attached hydrogen (secondary N) is 1. The zero-order chi connectivity index (χ0) is 13.8. The Hall–Kier alpha value is -1.41. The second kappa shape index (κ2) is 6.36. The van der Waals surface area contributed by atoms with Crippen molar-refractivity contribution in [2.24, 2.45) is 5.92 Å². The molecule has 106 valence electrons. The predicted molar refractivity (Wildman–Crippen MR) is 84.7 cm³/mol. The Labute approximate surface area is 121 Å². The summed E-state index contributed by atoms with van der Waals surface area (Å²) in [5.74, 6) is 0.994. The number of aromatic nitrogens is 1. The zero-order valence-corrected chi connectivity index (χ0v) is 12.3. The summed E-state index contributed by atoms with van der Waals surface area (Å²) in [6.07, 6.45) is 8.63. The lowest BCUT2D eigenvalue weighted by Gasteiger charge is -2.20. The van der Waals surface area contributed by atoms with E-state index >= 15 is 0 Å². The number of benzene rings is 1. The maximum Gasteiger partial charge on any atom is 0.0705 e. The summed E-state index contributed by atoms with van der Waals surface area (Å²) in [5.41, 5.74) is 2.53. The fourth-order valence-electron chi connectivity index (χ4n) is 2.92. The molecule has 1 aliphatic rings. The molecular weight excluding hydrogens is 244 g/mol. The van der Waals surface area contributed by atoms with E-state index in [4.69, 9.17) is 0 Å². The van der Waals surface area contributed by atoms with Crippen LogP contribution in [0.15, 0.2) is 36.5 Å². The van der Waals surface area contributed by atoms with Crippen molar-refractivity contribution in [3.05, 3.63) is 42.1 Å². The van der Waals surface area contributed by atoms with E-state index in [0.717, 1.165) is 18.0 Å². The third-order valence-electron chi connectivity index (χ3n) is 4.26. The third kappa shape index (κ3) is 3.18. The van der Waals surface area contributed by atoms with Gasteiger partial charge in [0.1, 0.15) is 0 Å². The van der Waals surface area contributed by atoms with Gasteiger partial charge >= 0.3 is 0 Å². The van der Waals surface area contributed by atoms with Gasteiger partial charge in [0.15, 0.2) is 0 Å². The standard InChI is InChI=1S/C18H24N2/c1-2-12-19-18(10-9-14-7-8-14)16-11-13-20-17-6-4-3-5-15(16)17/h3-6,11,13-14,18-19H,2,7-10,12H2,1H3. The van der Waals surface area contributed by atoms with Crippen LogP contribution in [0.3, 0.4) is 0 Å². The predicted octanol–water partition coefficient (Wildman–Crippen LogP) is 4.47. The highest BCUT2D eigenvalue weighted by molar-refractivity contribution is 5.82. The van der Waals surface area contributed by atoms with Crippen LogP contribution in [-0.2, 0) is 0 Å². The maximum atomic E-state index is 4.48. The van der Waals surface area contributed by atoms with Crippen LogP contribution in [0.25, 0.3) is 10.9 Å². The summed E-state index contributed by atoms with van der Waals surface area (Å²) in [5, 5.41) is 5.04. The molecule has 0 amide bonds. The minimum Gasteiger partial charge on any atom is -0.310 e. The van der Waals surface area contributed by atoms with Crippen molar-refractivity contribution in [1.29, 1.82) is 0 Å². The summed E-state index contributed by atoms with van der Waals surface area (Å²) in [6.45, 7) is 3.32. The largest absolute Gasteiger partial charge is 0.310 e. The minimum atomic E-state index is 0.475. The highest BCUT2D eigenvalue weighted by Crippen LogP contribution is 2.36. The number of hydrogen-bond acceptors (Lipinski definition) is 2. The summed E-state index contributed by atoms with van der Waals surface area (Å²) in [4.78, 5) is 4.48. The topological polar surface area (TPSA) is 24.9 Å². The fraction of sp³-hybridized carbons (Fsp3) is 0.500. The van der Waals surface area contributed by atoms with Gasteiger partial charge in [0.05, 0.1) is 5.52 Å². The molecule has 1 aromatic carbocycles. The summed E-state index contributed by atoms with van der Waals surface area (Å²) < 4.78 is 0. The molecule has 1 saturated carbocycles. The molecule has 1 unspecified atom stereocenters. The van der Waals surface area contributed by atoms with E-state index in [1.165, 1.54) is 43.1 Å². The highest BCUT2D eigenvalue weighted by Gasteiger charge is 2.23. The molecule has 1 N–H and O–H groups in total. The minimum absolute atomic E-state index is 0.475. The summed E-state index contributed by atoms with van der Waals surface area (Å²) in [6, 6.07) is 11.2. The molecule has 0 saturated heterocycles. The molecule has 2 heteroatoms. The lowest BCUT2D eigenvalue weighted by molar-refractivity contribution is 0.472. The van der Waals surface area contributed by atoms with Crippen molar-refractivity contribution in [2.45, 2.75) is 45.1 Å². The molecule has 0 spiro atoms. The number of pyridine rings is 1. The first-order valence-electron chi connectivity index (χ1n) is 7.95. The van der Waals surface area contributed by atoms with E-state index in [2.05, 4.69) is 47.6 Å². The fourth-order valence-corrected chi connectivity index (χ4v) is 2.92. The van der Waals surface area contributed by atoms with Crippen LogP contribution in [0, 0.1) is 5.92 Å². The number of rotatable bonds is 7. The van der Waals surface area contributed by atoms with Gasteiger partial charge in [-0.1, -0.05) is 38.0 Å². The van der Waals surface area contributed by atoms with Gasteiger partial charge in [0, 0.05) is 17.6 Å². The number of fused-ring (bicyclic) bond motifs is 1. The molecule has 1 fully saturated rings. The van der Waals surface area contributed by atoms with Crippen molar-refractivity contribution in [1.82, 2.24) is 10.3 Å². The van der Waals surface area contributed by atoms with E-state index in [1.54, 1.807) is 0 Å². The molecule has 0 bridgehead atoms. The van der Waals surface area contributed by atoms with Crippen LogP contribution < -0.4 is 5.32 Å². The van der Waals surface area contributed by atoms with E-state index in [9.17, 15) is 0 Å². The van der Waals surface area contributed by atoms with Gasteiger partial charge in [0.2, 0.25) is 0 Å². The van der Waals surface area contributed by atoms with Gasteiger partial charge in [-0.3, -0.25) is 4.98 Å². The Kier molecular flexibility index (Phi) is 4.31. The molecule has 1 atom stereocenters. The van der Waals surface area contributed by atoms with Crippen LogP contribution in [0.5, 0.6) is 0 Å². The van der Waals surface area contributed by atoms with Gasteiger partial charge in [-0.25, -0.2) is 0 Å². The van der Waals surface area contributed by atoms with Gasteiger partial charge in [-0.05, 0) is 49.4 Å². The van der Waals surface area contributed by atoms with E-state index in [-0.39, 0.29) is 0 Å². The van der Waals surface area contributed by atoms with Crippen LogP contribution >= 0.6 is 0 Å². The molecule has 1 aliphatic carbocycles. The quantitative estimate of drug-likeness (QED) is 0.801. The van der Waals surface area contributed by atoms with Crippen molar-refractivity contribution >= 4 is 10.9 Å². The second-order valence-corrected chi connectivity index (χ2v) is 5.94. The Morgan fingerprint density at radius 3 is 2.90 bits per heavy atom. The van der Waals surface area contributed by atoms with Crippen LogP contribution in [0.4, 0.5) is 0 Å². The van der Waals surface area contributed by atoms with Crippen molar-refractivity contribution in [3.8, 4) is 0 Å². The van der Waals surface area contributed by atoms with Crippen LogP contribution in [0.2, 0.25) is 0 Å². The Morgan fingerprint density at radius 2 is 2.10 bits per heavy atom. The van der Waals surface area contributed by atoms with Crippen molar-refractivity contribution in [3.63, 3.8) is 0 Å². The van der Waals surface area contributed by atoms with Gasteiger partial charge in [-0.2, -0.15) is 0 Å². The second-order valence-electron chi connectivity index (χ2n) is 5.94. The molecule has 0 aliphatic heterocycles. The first kappa shape index (κ1) is 13.6. The van der Waals surface area contributed by atoms with E-state index < -0.39 is 0 Å². The lowest BCUT2D eigenvalue weighted by atomic mass is 9.97. The van der Waals surface area contributed by atoms with Crippen LogP contribution in [0.1, 0.15) is 50.6 Å². The summed E-state index contributed by atoms with van der Waals surface area (Å²) >= 11 is 0. The first-order valence-corrected chi connectivity index (χ1v) is 7.95. The molecule has 1 heterocycles. The highest BCUT2D eigenvalue weighted by atomic mass is 14.9. The average Bonchev–Trinajstić information content (AvgIpc) is 3.31. The molecule has 1 aromatic heterocycles. The Morgan fingerprint density at radius 1 is 1.25 bits per heavy atom. The normalized spacial score (nSPS) is 16.4. The Bertz CT molecular complexity index is 555. The lowest BCUT2D eigenvalue weighted by Crippen LogP contribution is -2.22. The SMILES string of the molecule is CCCNC(CCC1CC1)c1ccnc2ccccc12. The molecule has 2 nitrogen and oxygen atoms in total. The van der Waals surface area contributed by atoms with Crippen LogP contribution in [-0.4, -0.2) is 11.5 Å². The monoisotopic (exact) mass is 268 g/mol. The zero-order valence-electron chi connectivity index (χ0n) is 12.3. The summed E-state index contributed by atoms with van der Waals surface area (Å²) in [7, 11) is 0. The van der Waals surface area contributed by atoms with Crippen molar-refractivity contribution < 1.29 is 0 Å². The first-order chi connectivity index (χ1) is 9.88. The van der Waals surface area contributed by atoms with Gasteiger partial charge in [0.25, 0.3) is 0 Å². The Balaban J connectivity index is 1.85. The molecule has 20 heavy (non-hydrogen) atoms. The number of para-hydroxylation sites is 1. The molecular formula is C18H24N2. The third-order valence-corrected chi connectivity index (χ3v) is 4.26. The van der Waals surface area contributed by atoms with Gasteiger partial charge < -0.3 is 5.32 Å². The maximum absolute atomic E-state index is 4.48. The number of nitrogens with zero attached hydrogens (tertiary/aromatic N) is 1. The van der Waals surface area contributed by atoms with E-state index in [1.807, 2.05) is 6.20 Å². The smallest absolute Gasteiger partial charge is 0.0705 e. The molecule has 3 rings (SSSR count). The molecule has 0 radical (unpaired) electrons. The van der Waals surface area contributed by atoms with Crippen molar-refractivity contribution in [2.75, 3.05) is 6.54 Å². The average molecular weight is 268 g/mol. The number of hydrogen-bond donors (Lipinski definition) is 1. The van der Waals surface area contributed by atoms with Gasteiger partial charge in [-0.15, -0.1) is 0 Å².